The second-order valence-corrected chi connectivity index (χ2v) is 3.90. The van der Waals surface area contributed by atoms with E-state index in [0.717, 1.165) is 22.1 Å². The molecule has 4 heteroatoms. The molecule has 0 atom stereocenters. The first-order chi connectivity index (χ1) is 6.90. The van der Waals surface area contributed by atoms with Gasteiger partial charge >= 0.3 is 0 Å². The third-order valence-electron chi connectivity index (χ3n) is 2.23. The number of carbonyl (C=O) groups is 1. The van der Waals surface area contributed by atoms with Crippen LogP contribution in [0.5, 0.6) is 0 Å². The standard InChI is InChI=1S/C10H6N2OS/c13-6-8-2-1-7-5-11-9-3-4-14-10(9)12(7)8/h1-6H. The molecular weight excluding hydrogens is 196 g/mol. The van der Waals surface area contributed by atoms with Gasteiger partial charge in [-0.05, 0) is 23.6 Å². The van der Waals surface area contributed by atoms with Crippen molar-refractivity contribution in [3.8, 4) is 0 Å². The van der Waals surface area contributed by atoms with Gasteiger partial charge in [0.1, 0.15) is 4.83 Å². The second kappa shape index (κ2) is 2.65. The van der Waals surface area contributed by atoms with Crippen molar-refractivity contribution in [1.82, 2.24) is 9.38 Å². The summed E-state index contributed by atoms with van der Waals surface area (Å²) in [6, 6.07) is 5.66. The van der Waals surface area contributed by atoms with Crippen LogP contribution in [0.3, 0.4) is 0 Å². The summed E-state index contributed by atoms with van der Waals surface area (Å²) in [7, 11) is 0. The van der Waals surface area contributed by atoms with E-state index in [1.165, 1.54) is 0 Å². The van der Waals surface area contributed by atoms with Gasteiger partial charge in [0.2, 0.25) is 0 Å². The molecule has 0 aromatic carbocycles. The van der Waals surface area contributed by atoms with Crippen molar-refractivity contribution in [3.63, 3.8) is 0 Å². The highest BCUT2D eigenvalue weighted by Crippen LogP contribution is 2.22. The smallest absolute Gasteiger partial charge is 0.166 e. The first-order valence-corrected chi connectivity index (χ1v) is 5.07. The average molecular weight is 202 g/mol. The molecule has 3 nitrogen and oxygen atoms in total. The van der Waals surface area contributed by atoms with E-state index in [1.807, 2.05) is 28.0 Å². The summed E-state index contributed by atoms with van der Waals surface area (Å²) in [4.78, 5) is 16.1. The summed E-state index contributed by atoms with van der Waals surface area (Å²) in [6.45, 7) is 0. The van der Waals surface area contributed by atoms with Gasteiger partial charge in [0, 0.05) is 0 Å². The van der Waals surface area contributed by atoms with Crippen molar-refractivity contribution in [2.24, 2.45) is 0 Å². The number of carbonyl (C=O) groups excluding carboxylic acids is 1. The topological polar surface area (TPSA) is 34.4 Å². The first kappa shape index (κ1) is 7.70. The van der Waals surface area contributed by atoms with Gasteiger partial charge in [0.25, 0.3) is 0 Å². The van der Waals surface area contributed by atoms with Gasteiger partial charge in [-0.2, -0.15) is 0 Å². The van der Waals surface area contributed by atoms with E-state index in [9.17, 15) is 4.79 Å². The number of hydrogen-bond donors (Lipinski definition) is 0. The van der Waals surface area contributed by atoms with Crippen LogP contribution in [0.15, 0.2) is 29.8 Å². The zero-order valence-electron chi connectivity index (χ0n) is 7.18. The first-order valence-electron chi connectivity index (χ1n) is 4.19. The van der Waals surface area contributed by atoms with Crippen molar-refractivity contribution in [2.75, 3.05) is 0 Å². The molecule has 0 radical (unpaired) electrons. The molecule has 0 amide bonds. The number of hydrogen-bond acceptors (Lipinski definition) is 3. The molecule has 0 aliphatic carbocycles. The summed E-state index contributed by atoms with van der Waals surface area (Å²) in [5.41, 5.74) is 2.57. The van der Waals surface area contributed by atoms with E-state index >= 15 is 0 Å². The Kier molecular flexibility index (Phi) is 1.46. The molecule has 0 fully saturated rings. The van der Waals surface area contributed by atoms with Crippen LogP contribution in [0.2, 0.25) is 0 Å². The van der Waals surface area contributed by atoms with Crippen LogP contribution in [0.25, 0.3) is 15.9 Å². The van der Waals surface area contributed by atoms with Crippen molar-refractivity contribution in [2.45, 2.75) is 0 Å². The predicted molar refractivity (Wildman–Crippen MR) is 56.0 cm³/mol. The lowest BCUT2D eigenvalue weighted by molar-refractivity contribution is 0.111. The van der Waals surface area contributed by atoms with Crippen LogP contribution in [0, 0.1) is 0 Å². The van der Waals surface area contributed by atoms with E-state index in [-0.39, 0.29) is 0 Å². The molecule has 0 saturated heterocycles. The van der Waals surface area contributed by atoms with Crippen LogP contribution in [-0.2, 0) is 0 Å². The molecule has 0 N–H and O–H groups in total. The monoisotopic (exact) mass is 202 g/mol. The molecule has 0 spiro atoms. The van der Waals surface area contributed by atoms with E-state index in [1.54, 1.807) is 17.5 Å². The van der Waals surface area contributed by atoms with E-state index < -0.39 is 0 Å². The highest BCUT2D eigenvalue weighted by molar-refractivity contribution is 7.16. The molecule has 0 aliphatic rings. The Labute approximate surface area is 83.6 Å². The van der Waals surface area contributed by atoms with Gasteiger partial charge in [-0.15, -0.1) is 11.3 Å². The molecule has 68 valence electrons. The summed E-state index contributed by atoms with van der Waals surface area (Å²) >= 11 is 1.59. The Hall–Kier alpha value is -1.68. The van der Waals surface area contributed by atoms with Gasteiger partial charge in [-0.1, -0.05) is 0 Å². The minimum Gasteiger partial charge on any atom is -0.296 e. The molecular formula is C10H6N2OS. The fourth-order valence-corrected chi connectivity index (χ4v) is 2.48. The second-order valence-electron chi connectivity index (χ2n) is 3.01. The summed E-state index contributed by atoms with van der Waals surface area (Å²) in [6.07, 6.45) is 2.65. The average Bonchev–Trinajstić information content (AvgIpc) is 2.82. The lowest BCUT2D eigenvalue weighted by atomic mass is 10.5. The Morgan fingerprint density at radius 2 is 2.29 bits per heavy atom. The van der Waals surface area contributed by atoms with Crippen LogP contribution >= 0.6 is 11.3 Å². The fraction of sp³-hybridized carbons (Fsp3) is 0. The zero-order valence-corrected chi connectivity index (χ0v) is 7.99. The maximum atomic E-state index is 10.8. The Morgan fingerprint density at radius 3 is 3.14 bits per heavy atom. The van der Waals surface area contributed by atoms with Crippen molar-refractivity contribution >= 4 is 33.5 Å². The van der Waals surface area contributed by atoms with Gasteiger partial charge in [0.05, 0.1) is 22.9 Å². The Balaban J connectivity index is 2.64. The highest BCUT2D eigenvalue weighted by atomic mass is 32.1. The van der Waals surface area contributed by atoms with Gasteiger partial charge < -0.3 is 0 Å². The zero-order chi connectivity index (χ0) is 9.54. The van der Waals surface area contributed by atoms with E-state index in [2.05, 4.69) is 4.98 Å². The predicted octanol–water partition coefficient (Wildman–Crippen LogP) is 2.36. The molecule has 0 aliphatic heterocycles. The molecule has 3 rings (SSSR count). The number of aldehydes is 1. The number of nitrogens with zero attached hydrogens (tertiary/aromatic N) is 2. The SMILES string of the molecule is O=Cc1ccc2cnc3ccsc3n12. The summed E-state index contributed by atoms with van der Waals surface area (Å²) in [5, 5.41) is 1.98. The Morgan fingerprint density at radius 1 is 1.36 bits per heavy atom. The molecule has 3 aromatic rings. The summed E-state index contributed by atoms with van der Waals surface area (Å²) in [5.74, 6) is 0. The van der Waals surface area contributed by atoms with E-state index in [4.69, 9.17) is 0 Å². The molecule has 0 bridgehead atoms. The maximum absolute atomic E-state index is 10.8. The number of fused-ring (bicyclic) bond motifs is 3. The normalized spacial score (nSPS) is 11.1. The van der Waals surface area contributed by atoms with Crippen LogP contribution < -0.4 is 0 Å². The van der Waals surface area contributed by atoms with Gasteiger partial charge in [-0.25, -0.2) is 0 Å². The van der Waals surface area contributed by atoms with Crippen LogP contribution in [-0.4, -0.2) is 15.7 Å². The minimum absolute atomic E-state index is 0.676. The van der Waals surface area contributed by atoms with Crippen LogP contribution in [0.1, 0.15) is 10.5 Å². The molecule has 3 heterocycles. The molecule has 0 saturated carbocycles. The number of rotatable bonds is 1. The molecule has 3 aromatic heterocycles. The van der Waals surface area contributed by atoms with Gasteiger partial charge in [0.15, 0.2) is 6.29 Å². The number of aromatic nitrogens is 2. The largest absolute Gasteiger partial charge is 0.296 e. The summed E-state index contributed by atoms with van der Waals surface area (Å²) < 4.78 is 1.93. The molecule has 14 heavy (non-hydrogen) atoms. The third kappa shape index (κ3) is 0.858. The van der Waals surface area contributed by atoms with Crippen LogP contribution in [0.4, 0.5) is 0 Å². The number of thiophene rings is 1. The van der Waals surface area contributed by atoms with E-state index in [0.29, 0.717) is 5.69 Å². The fourth-order valence-electron chi connectivity index (χ4n) is 1.59. The Bertz CT molecular complexity index is 623. The minimum atomic E-state index is 0.676. The third-order valence-corrected chi connectivity index (χ3v) is 3.11. The van der Waals surface area contributed by atoms with Crippen molar-refractivity contribution < 1.29 is 4.79 Å². The molecule has 0 unspecified atom stereocenters. The lowest BCUT2D eigenvalue weighted by Crippen LogP contribution is -1.91. The van der Waals surface area contributed by atoms with Crippen molar-refractivity contribution in [1.29, 1.82) is 0 Å². The van der Waals surface area contributed by atoms with Crippen molar-refractivity contribution in [3.05, 3.63) is 35.5 Å². The maximum Gasteiger partial charge on any atom is 0.166 e. The highest BCUT2D eigenvalue weighted by Gasteiger charge is 2.05. The lowest BCUT2D eigenvalue weighted by Gasteiger charge is -1.97. The van der Waals surface area contributed by atoms with Gasteiger partial charge in [-0.3, -0.25) is 14.2 Å². The quantitative estimate of drug-likeness (QED) is 0.568.